The van der Waals surface area contributed by atoms with Crippen LogP contribution in [0.3, 0.4) is 0 Å². The van der Waals surface area contributed by atoms with E-state index in [2.05, 4.69) is 15.5 Å². The number of carbonyl (C=O) groups excluding carboxylic acids is 1. The van der Waals surface area contributed by atoms with E-state index in [9.17, 15) is 14.9 Å². The number of rotatable bonds is 6. The minimum Gasteiger partial charge on any atom is -0.453 e. The molecule has 30 heavy (non-hydrogen) atoms. The topological polar surface area (TPSA) is 116 Å². The zero-order chi connectivity index (χ0) is 21.3. The fourth-order valence-corrected chi connectivity index (χ4v) is 3.66. The lowest BCUT2D eigenvalue weighted by Gasteiger charge is -2.05. The molecule has 1 N–H and O–H groups in total. The highest BCUT2D eigenvalue weighted by atomic mass is 35.5. The van der Waals surface area contributed by atoms with E-state index >= 15 is 0 Å². The Morgan fingerprint density at radius 3 is 2.73 bits per heavy atom. The number of carbonyl (C=O) groups is 1. The maximum absolute atomic E-state index is 12.2. The van der Waals surface area contributed by atoms with Crippen LogP contribution in [-0.4, -0.2) is 31.3 Å². The zero-order valence-electron chi connectivity index (χ0n) is 15.5. The van der Waals surface area contributed by atoms with Crippen molar-refractivity contribution in [1.29, 1.82) is 0 Å². The van der Waals surface area contributed by atoms with Crippen molar-refractivity contribution in [3.05, 3.63) is 63.7 Å². The molecule has 0 bridgehead atoms. The van der Waals surface area contributed by atoms with E-state index in [0.29, 0.717) is 33.0 Å². The van der Waals surface area contributed by atoms with E-state index in [-0.39, 0.29) is 17.3 Å². The molecule has 0 fully saturated rings. The summed E-state index contributed by atoms with van der Waals surface area (Å²) >= 11 is 7.23. The molecule has 0 aliphatic rings. The van der Waals surface area contributed by atoms with Crippen LogP contribution in [0.1, 0.15) is 0 Å². The summed E-state index contributed by atoms with van der Waals surface area (Å²) in [4.78, 5) is 22.4. The number of benzene rings is 2. The first-order chi connectivity index (χ1) is 14.4. The predicted octanol–water partition coefficient (Wildman–Crippen LogP) is 4.52. The molecule has 2 aromatic carbocycles. The van der Waals surface area contributed by atoms with Gasteiger partial charge in [0.1, 0.15) is 5.58 Å². The van der Waals surface area contributed by atoms with Crippen LogP contribution in [-0.2, 0) is 11.8 Å². The number of hydrogen-bond donors (Lipinski definition) is 1. The number of nitrogens with zero attached hydrogens (tertiary/aromatic N) is 4. The van der Waals surface area contributed by atoms with Crippen LogP contribution >= 0.6 is 23.4 Å². The first-order valence-electron chi connectivity index (χ1n) is 8.66. The van der Waals surface area contributed by atoms with Crippen molar-refractivity contribution < 1.29 is 14.1 Å². The van der Waals surface area contributed by atoms with Crippen molar-refractivity contribution in [2.45, 2.75) is 5.16 Å². The number of non-ortho nitro benzene ring substituents is 1. The summed E-state index contributed by atoms with van der Waals surface area (Å²) in [6.07, 6.45) is 0. The summed E-state index contributed by atoms with van der Waals surface area (Å²) in [5, 5.41) is 23.7. The Labute approximate surface area is 179 Å². The van der Waals surface area contributed by atoms with Crippen LogP contribution in [0.2, 0.25) is 5.02 Å². The number of furan rings is 1. The minimum absolute atomic E-state index is 0.0400. The summed E-state index contributed by atoms with van der Waals surface area (Å²) < 4.78 is 7.56. The molecule has 4 rings (SSSR count). The van der Waals surface area contributed by atoms with Crippen LogP contribution in [0.4, 0.5) is 11.4 Å². The van der Waals surface area contributed by atoms with Gasteiger partial charge in [0.25, 0.3) is 5.69 Å². The Bertz CT molecular complexity index is 1250. The first-order valence-corrected chi connectivity index (χ1v) is 10.0. The van der Waals surface area contributed by atoms with E-state index in [4.69, 9.17) is 16.0 Å². The van der Waals surface area contributed by atoms with Crippen LogP contribution in [0.25, 0.3) is 22.6 Å². The third kappa shape index (κ3) is 4.14. The molecule has 0 aliphatic carbocycles. The molecule has 0 atom stereocenters. The van der Waals surface area contributed by atoms with Crippen molar-refractivity contribution in [2.75, 3.05) is 11.1 Å². The zero-order valence-corrected chi connectivity index (χ0v) is 17.1. The number of nitro groups is 1. The predicted molar refractivity (Wildman–Crippen MR) is 114 cm³/mol. The maximum Gasteiger partial charge on any atom is 0.269 e. The Kier molecular flexibility index (Phi) is 5.42. The second kappa shape index (κ2) is 8.17. The average molecular weight is 444 g/mol. The van der Waals surface area contributed by atoms with Gasteiger partial charge in [-0.3, -0.25) is 14.9 Å². The van der Waals surface area contributed by atoms with Gasteiger partial charge in [-0.25, -0.2) is 0 Å². The molecule has 2 heterocycles. The normalized spacial score (nSPS) is 11.0. The molecule has 0 radical (unpaired) electrons. The van der Waals surface area contributed by atoms with E-state index in [1.165, 1.54) is 36.0 Å². The summed E-state index contributed by atoms with van der Waals surface area (Å²) in [5.74, 6) is 0.903. The highest BCUT2D eigenvalue weighted by molar-refractivity contribution is 7.99. The lowest BCUT2D eigenvalue weighted by Crippen LogP contribution is -2.14. The van der Waals surface area contributed by atoms with Crippen molar-refractivity contribution in [3.8, 4) is 11.6 Å². The molecule has 4 aromatic rings. The third-order valence-corrected chi connectivity index (χ3v) is 5.48. The largest absolute Gasteiger partial charge is 0.453 e. The molecular weight excluding hydrogens is 430 g/mol. The summed E-state index contributed by atoms with van der Waals surface area (Å²) in [6, 6.07) is 12.8. The molecule has 152 valence electrons. The fraction of sp³-hybridized carbons (Fsp3) is 0.105. The highest BCUT2D eigenvalue weighted by Crippen LogP contribution is 2.30. The average Bonchev–Trinajstić information content (AvgIpc) is 3.29. The second-order valence-electron chi connectivity index (χ2n) is 6.30. The molecule has 0 aliphatic heterocycles. The maximum atomic E-state index is 12.2. The molecule has 11 heteroatoms. The van der Waals surface area contributed by atoms with Gasteiger partial charge in [-0.2, -0.15) is 0 Å². The number of fused-ring (bicyclic) bond motifs is 1. The monoisotopic (exact) mass is 443 g/mol. The van der Waals surface area contributed by atoms with Crippen LogP contribution in [0.15, 0.2) is 58.1 Å². The van der Waals surface area contributed by atoms with Gasteiger partial charge in [0, 0.05) is 35.3 Å². The van der Waals surface area contributed by atoms with Gasteiger partial charge in [-0.05, 0) is 36.4 Å². The van der Waals surface area contributed by atoms with Crippen molar-refractivity contribution >= 4 is 51.6 Å². The van der Waals surface area contributed by atoms with E-state index in [0.717, 1.165) is 5.39 Å². The number of hydrogen-bond acceptors (Lipinski definition) is 7. The highest BCUT2D eigenvalue weighted by Gasteiger charge is 2.17. The molecule has 0 saturated heterocycles. The van der Waals surface area contributed by atoms with Crippen molar-refractivity contribution in [3.63, 3.8) is 0 Å². The number of halogens is 1. The Hall–Kier alpha value is -3.37. The first kappa shape index (κ1) is 19.9. The van der Waals surface area contributed by atoms with Crippen LogP contribution in [0, 0.1) is 10.1 Å². The van der Waals surface area contributed by atoms with Crippen molar-refractivity contribution in [1.82, 2.24) is 14.8 Å². The number of nitrogens with one attached hydrogen (secondary N) is 1. The minimum atomic E-state index is -0.496. The van der Waals surface area contributed by atoms with Gasteiger partial charge >= 0.3 is 0 Å². The lowest BCUT2D eigenvalue weighted by atomic mass is 10.2. The van der Waals surface area contributed by atoms with E-state index < -0.39 is 4.92 Å². The third-order valence-electron chi connectivity index (χ3n) is 4.23. The standard InChI is InChI=1S/C19H14ClN5O4S/c1-24-18(16-9-11-8-12(20)2-7-15(11)29-16)22-23-19(24)30-10-17(26)21-13-3-5-14(6-4-13)25(27)28/h2-9H,10H2,1H3,(H,21,26). The van der Waals surface area contributed by atoms with Gasteiger partial charge in [-0.15, -0.1) is 10.2 Å². The number of nitro benzene ring substituents is 1. The number of thioether (sulfide) groups is 1. The molecule has 1 amide bonds. The number of aromatic nitrogens is 3. The van der Waals surface area contributed by atoms with Gasteiger partial charge in [0.2, 0.25) is 5.91 Å². The molecule has 2 aromatic heterocycles. The lowest BCUT2D eigenvalue weighted by molar-refractivity contribution is -0.384. The quantitative estimate of drug-likeness (QED) is 0.264. The van der Waals surface area contributed by atoms with Gasteiger partial charge in [-0.1, -0.05) is 23.4 Å². The Balaban J connectivity index is 1.42. The Morgan fingerprint density at radius 2 is 2.00 bits per heavy atom. The number of amides is 1. The Morgan fingerprint density at radius 1 is 1.23 bits per heavy atom. The van der Waals surface area contributed by atoms with Gasteiger partial charge in [0.05, 0.1) is 10.7 Å². The summed E-state index contributed by atoms with van der Waals surface area (Å²) in [5.41, 5.74) is 1.13. The van der Waals surface area contributed by atoms with Crippen molar-refractivity contribution in [2.24, 2.45) is 7.05 Å². The van der Waals surface area contributed by atoms with Gasteiger partial charge in [0.15, 0.2) is 16.7 Å². The fourth-order valence-electron chi connectivity index (χ4n) is 2.77. The van der Waals surface area contributed by atoms with E-state index in [1.54, 1.807) is 29.8 Å². The smallest absolute Gasteiger partial charge is 0.269 e. The summed E-state index contributed by atoms with van der Waals surface area (Å²) in [6.45, 7) is 0. The van der Waals surface area contributed by atoms with Gasteiger partial charge < -0.3 is 14.3 Å². The molecule has 0 unspecified atom stereocenters. The van der Waals surface area contributed by atoms with Crippen LogP contribution in [0.5, 0.6) is 0 Å². The molecule has 9 nitrogen and oxygen atoms in total. The molecular formula is C19H14ClN5O4S. The number of anilines is 1. The van der Waals surface area contributed by atoms with Crippen LogP contribution < -0.4 is 5.32 Å². The van der Waals surface area contributed by atoms with E-state index in [1.807, 2.05) is 6.07 Å². The second-order valence-corrected chi connectivity index (χ2v) is 7.68. The summed E-state index contributed by atoms with van der Waals surface area (Å²) in [7, 11) is 1.78. The molecule has 0 saturated carbocycles. The SMILES string of the molecule is Cn1c(SCC(=O)Nc2ccc([N+](=O)[O-])cc2)nnc1-c1cc2cc(Cl)ccc2o1. The molecule has 0 spiro atoms.